The summed E-state index contributed by atoms with van der Waals surface area (Å²) in [4.78, 5) is 18.0. The Morgan fingerprint density at radius 1 is 1.03 bits per heavy atom. The number of aryl methyl sites for hydroxylation is 2. The lowest BCUT2D eigenvalue weighted by atomic mass is 9.94. The molecule has 0 aliphatic carbocycles. The third kappa shape index (κ3) is 5.68. The minimum Gasteiger partial charge on any atom is -0.490 e. The highest BCUT2D eigenvalue weighted by molar-refractivity contribution is 9.10. The van der Waals surface area contributed by atoms with E-state index in [-0.39, 0.29) is 5.91 Å². The standard InChI is InChI=1S/C30H30BrN5O3/c1-5-38-25-15-22(14-24(31)28(25)39-16-21-10-6-18(2)7-11-21)27-26(20(4)34-30-32-17-33-36(27)30)29(37)35-23-12-8-19(3)9-13-23/h6-15,17,27H,5,16H2,1-4H3,(H,35,37)(H,32,33,34). The Kier molecular flexibility index (Phi) is 7.70. The van der Waals surface area contributed by atoms with Gasteiger partial charge in [0, 0.05) is 11.4 Å². The molecule has 5 rings (SSSR count). The predicted molar refractivity (Wildman–Crippen MR) is 155 cm³/mol. The van der Waals surface area contributed by atoms with Crippen LogP contribution in [-0.4, -0.2) is 27.3 Å². The van der Waals surface area contributed by atoms with E-state index in [0.717, 1.165) is 16.7 Å². The molecule has 0 saturated heterocycles. The number of nitrogens with one attached hydrogen (secondary N) is 2. The maximum Gasteiger partial charge on any atom is 0.255 e. The van der Waals surface area contributed by atoms with Crippen molar-refractivity contribution in [2.45, 2.75) is 40.3 Å². The van der Waals surface area contributed by atoms with E-state index in [1.165, 1.54) is 11.9 Å². The monoisotopic (exact) mass is 587 g/mol. The fourth-order valence-corrected chi connectivity index (χ4v) is 5.09. The summed E-state index contributed by atoms with van der Waals surface area (Å²) in [6, 6.07) is 19.2. The molecule has 200 valence electrons. The van der Waals surface area contributed by atoms with Gasteiger partial charge in [-0.05, 0) is 79.0 Å². The van der Waals surface area contributed by atoms with Crippen molar-refractivity contribution in [2.75, 3.05) is 17.2 Å². The molecule has 1 unspecified atom stereocenters. The smallest absolute Gasteiger partial charge is 0.255 e. The molecular formula is C30H30BrN5O3. The van der Waals surface area contributed by atoms with Crippen LogP contribution in [0.4, 0.5) is 11.6 Å². The summed E-state index contributed by atoms with van der Waals surface area (Å²) < 4.78 is 14.7. The van der Waals surface area contributed by atoms with Crippen LogP contribution in [0.15, 0.2) is 82.7 Å². The molecule has 1 aromatic heterocycles. The van der Waals surface area contributed by atoms with Gasteiger partial charge in [0.25, 0.3) is 5.91 Å². The zero-order valence-corrected chi connectivity index (χ0v) is 23.9. The number of ether oxygens (including phenoxy) is 2. The van der Waals surface area contributed by atoms with Gasteiger partial charge in [-0.15, -0.1) is 0 Å². The first-order valence-corrected chi connectivity index (χ1v) is 13.5. The number of fused-ring (bicyclic) bond motifs is 1. The minimum atomic E-state index is -0.546. The Morgan fingerprint density at radius 3 is 2.41 bits per heavy atom. The quantitative estimate of drug-likeness (QED) is 0.242. The lowest BCUT2D eigenvalue weighted by Crippen LogP contribution is -2.31. The van der Waals surface area contributed by atoms with Gasteiger partial charge in [-0.25, -0.2) is 4.68 Å². The van der Waals surface area contributed by atoms with Gasteiger partial charge in [0.05, 0.1) is 16.7 Å². The molecular weight excluding hydrogens is 558 g/mol. The Labute approximate surface area is 236 Å². The number of allylic oxidation sites excluding steroid dienone is 1. The van der Waals surface area contributed by atoms with Crippen molar-refractivity contribution in [3.05, 3.63) is 105 Å². The highest BCUT2D eigenvalue weighted by atomic mass is 79.9. The Bertz CT molecular complexity index is 1530. The number of benzene rings is 3. The highest BCUT2D eigenvalue weighted by Crippen LogP contribution is 2.43. The molecule has 39 heavy (non-hydrogen) atoms. The van der Waals surface area contributed by atoms with E-state index < -0.39 is 6.04 Å². The molecule has 0 spiro atoms. The largest absolute Gasteiger partial charge is 0.490 e. The molecule has 0 saturated carbocycles. The maximum absolute atomic E-state index is 13.7. The first-order chi connectivity index (χ1) is 18.8. The van der Waals surface area contributed by atoms with Crippen LogP contribution >= 0.6 is 15.9 Å². The zero-order chi connectivity index (χ0) is 27.5. The number of hydrogen-bond acceptors (Lipinski definition) is 6. The van der Waals surface area contributed by atoms with E-state index in [4.69, 9.17) is 9.47 Å². The van der Waals surface area contributed by atoms with Crippen LogP contribution in [0.2, 0.25) is 0 Å². The van der Waals surface area contributed by atoms with Gasteiger partial charge in [-0.1, -0.05) is 47.5 Å². The number of anilines is 2. The Hall–Kier alpha value is -4.11. The van der Waals surface area contributed by atoms with Crippen LogP contribution in [0.25, 0.3) is 0 Å². The van der Waals surface area contributed by atoms with Gasteiger partial charge in [-0.2, -0.15) is 10.1 Å². The number of aromatic nitrogens is 3. The molecule has 0 fully saturated rings. The van der Waals surface area contributed by atoms with Gasteiger partial charge in [0.2, 0.25) is 5.95 Å². The second-order valence-electron chi connectivity index (χ2n) is 9.45. The molecule has 1 amide bonds. The van der Waals surface area contributed by atoms with Crippen molar-refractivity contribution in [1.82, 2.24) is 14.8 Å². The number of carbonyl (C=O) groups is 1. The van der Waals surface area contributed by atoms with Crippen molar-refractivity contribution in [3.63, 3.8) is 0 Å². The van der Waals surface area contributed by atoms with Crippen molar-refractivity contribution >= 4 is 33.5 Å². The predicted octanol–water partition coefficient (Wildman–Crippen LogP) is 6.56. The van der Waals surface area contributed by atoms with Gasteiger partial charge >= 0.3 is 0 Å². The Balaban J connectivity index is 1.52. The number of nitrogens with zero attached hydrogens (tertiary/aromatic N) is 3. The summed E-state index contributed by atoms with van der Waals surface area (Å²) >= 11 is 3.70. The van der Waals surface area contributed by atoms with Crippen molar-refractivity contribution in [3.8, 4) is 11.5 Å². The topological polar surface area (TPSA) is 90.3 Å². The number of halogens is 1. The van der Waals surface area contributed by atoms with Gasteiger partial charge < -0.3 is 20.1 Å². The average Bonchev–Trinajstić information content (AvgIpc) is 3.37. The van der Waals surface area contributed by atoms with Crippen LogP contribution in [0.1, 0.15) is 42.1 Å². The summed E-state index contributed by atoms with van der Waals surface area (Å²) in [5.41, 5.74) is 6.10. The first-order valence-electron chi connectivity index (χ1n) is 12.7. The van der Waals surface area contributed by atoms with E-state index >= 15 is 0 Å². The lowest BCUT2D eigenvalue weighted by molar-refractivity contribution is -0.113. The summed E-state index contributed by atoms with van der Waals surface area (Å²) in [5.74, 6) is 1.49. The fourth-order valence-electron chi connectivity index (χ4n) is 4.52. The summed E-state index contributed by atoms with van der Waals surface area (Å²) in [6.45, 7) is 8.70. The molecule has 0 bridgehead atoms. The van der Waals surface area contributed by atoms with E-state index in [1.807, 2.05) is 69.3 Å². The lowest BCUT2D eigenvalue weighted by Gasteiger charge is -2.29. The maximum atomic E-state index is 13.7. The molecule has 2 N–H and O–H groups in total. The van der Waals surface area contributed by atoms with E-state index in [9.17, 15) is 4.79 Å². The summed E-state index contributed by atoms with van der Waals surface area (Å²) in [6.07, 6.45) is 1.47. The molecule has 4 aromatic rings. The van der Waals surface area contributed by atoms with Crippen molar-refractivity contribution < 1.29 is 14.3 Å². The fraction of sp³-hybridized carbons (Fsp3) is 0.233. The van der Waals surface area contributed by atoms with E-state index in [1.54, 1.807) is 4.68 Å². The van der Waals surface area contributed by atoms with Crippen LogP contribution in [-0.2, 0) is 11.4 Å². The number of hydrogen-bond donors (Lipinski definition) is 2. The molecule has 9 heteroatoms. The highest BCUT2D eigenvalue weighted by Gasteiger charge is 2.34. The van der Waals surface area contributed by atoms with Crippen LogP contribution in [0.5, 0.6) is 11.5 Å². The van der Waals surface area contributed by atoms with Crippen LogP contribution < -0.4 is 20.1 Å². The number of rotatable bonds is 8. The van der Waals surface area contributed by atoms with Gasteiger partial charge in [0.1, 0.15) is 19.0 Å². The van der Waals surface area contributed by atoms with Crippen molar-refractivity contribution in [1.29, 1.82) is 0 Å². The molecule has 2 heterocycles. The summed E-state index contributed by atoms with van der Waals surface area (Å²) in [5, 5.41) is 10.7. The van der Waals surface area contributed by atoms with Crippen LogP contribution in [0.3, 0.4) is 0 Å². The van der Waals surface area contributed by atoms with E-state index in [0.29, 0.717) is 52.1 Å². The second kappa shape index (κ2) is 11.3. The molecule has 0 radical (unpaired) electrons. The molecule has 1 atom stereocenters. The minimum absolute atomic E-state index is 0.233. The number of carbonyl (C=O) groups excluding carboxylic acids is 1. The third-order valence-corrected chi connectivity index (χ3v) is 7.09. The normalized spacial score (nSPS) is 14.4. The Morgan fingerprint density at radius 2 is 1.72 bits per heavy atom. The van der Waals surface area contributed by atoms with Crippen LogP contribution in [0, 0.1) is 13.8 Å². The first kappa shape index (κ1) is 26.5. The van der Waals surface area contributed by atoms with E-state index in [2.05, 4.69) is 55.7 Å². The zero-order valence-electron chi connectivity index (χ0n) is 22.3. The third-order valence-electron chi connectivity index (χ3n) is 6.50. The molecule has 3 aromatic carbocycles. The molecule has 8 nitrogen and oxygen atoms in total. The van der Waals surface area contributed by atoms with Gasteiger partial charge in [0.15, 0.2) is 11.5 Å². The molecule has 1 aliphatic rings. The SMILES string of the molecule is CCOc1cc(C2C(C(=O)Nc3ccc(C)cc3)=C(C)Nc3ncnn32)cc(Br)c1OCc1ccc(C)cc1. The summed E-state index contributed by atoms with van der Waals surface area (Å²) in [7, 11) is 0. The average molecular weight is 589 g/mol. The second-order valence-corrected chi connectivity index (χ2v) is 10.3. The van der Waals surface area contributed by atoms with Crippen molar-refractivity contribution in [2.24, 2.45) is 0 Å². The number of amides is 1. The molecule has 1 aliphatic heterocycles. The van der Waals surface area contributed by atoms with Gasteiger partial charge in [-0.3, -0.25) is 4.79 Å².